The first kappa shape index (κ1) is 18.8. The van der Waals surface area contributed by atoms with E-state index >= 15 is 0 Å². The summed E-state index contributed by atoms with van der Waals surface area (Å²) in [5.41, 5.74) is 2.55. The Labute approximate surface area is 159 Å². The van der Waals surface area contributed by atoms with Gasteiger partial charge in [-0.1, -0.05) is 29.8 Å². The molecule has 3 aromatic rings. The molecule has 0 aromatic heterocycles. The van der Waals surface area contributed by atoms with Crippen LogP contribution >= 0.6 is 11.6 Å². The minimum atomic E-state index is -4.45. The molecule has 0 amide bonds. The second-order valence-corrected chi connectivity index (χ2v) is 5.95. The van der Waals surface area contributed by atoms with Crippen LogP contribution in [0, 0.1) is 0 Å². The second kappa shape index (κ2) is 8.14. The minimum absolute atomic E-state index is 0.0757. The third-order valence-electron chi connectivity index (χ3n) is 3.55. The lowest BCUT2D eigenvalue weighted by Crippen LogP contribution is -2.05. The number of rotatable bonds is 5. The maximum atomic E-state index is 12.8. The molecular weight excluding hydrogens is 377 g/mol. The van der Waals surface area contributed by atoms with E-state index in [4.69, 9.17) is 16.3 Å². The van der Waals surface area contributed by atoms with Crippen molar-refractivity contribution in [3.8, 4) is 11.5 Å². The smallest absolute Gasteiger partial charge is 0.416 e. The first-order valence-corrected chi connectivity index (χ1v) is 8.28. The fraction of sp³-hybridized carbons (Fsp3) is 0.0500. The molecule has 3 aromatic carbocycles. The molecular formula is C20H14ClF3N2O. The third-order valence-corrected chi connectivity index (χ3v) is 3.88. The lowest BCUT2D eigenvalue weighted by atomic mass is 10.2. The molecule has 0 aliphatic rings. The lowest BCUT2D eigenvalue weighted by molar-refractivity contribution is -0.137. The summed E-state index contributed by atoms with van der Waals surface area (Å²) in [6.45, 7) is 0. The highest BCUT2D eigenvalue weighted by Crippen LogP contribution is 2.33. The zero-order valence-corrected chi connectivity index (χ0v) is 14.6. The average Bonchev–Trinajstić information content (AvgIpc) is 2.64. The number of halogens is 4. The van der Waals surface area contributed by atoms with E-state index < -0.39 is 11.7 Å². The van der Waals surface area contributed by atoms with Crippen LogP contribution in [0.1, 0.15) is 11.1 Å². The van der Waals surface area contributed by atoms with Crippen LogP contribution in [0.5, 0.6) is 11.5 Å². The van der Waals surface area contributed by atoms with E-state index in [1.807, 2.05) is 30.3 Å². The molecule has 0 saturated carbocycles. The van der Waals surface area contributed by atoms with Gasteiger partial charge in [0.05, 0.1) is 22.5 Å². The van der Waals surface area contributed by atoms with E-state index in [9.17, 15) is 13.2 Å². The molecule has 0 bridgehead atoms. The molecule has 0 aliphatic heterocycles. The van der Waals surface area contributed by atoms with Crippen molar-refractivity contribution in [1.29, 1.82) is 0 Å². The topological polar surface area (TPSA) is 33.6 Å². The highest BCUT2D eigenvalue weighted by atomic mass is 35.5. The molecule has 0 fully saturated rings. The zero-order valence-electron chi connectivity index (χ0n) is 13.9. The van der Waals surface area contributed by atoms with E-state index in [0.717, 1.165) is 23.4 Å². The van der Waals surface area contributed by atoms with Crippen LogP contribution in [-0.4, -0.2) is 6.21 Å². The van der Waals surface area contributed by atoms with E-state index in [1.165, 1.54) is 12.3 Å². The Kier molecular flexibility index (Phi) is 5.66. The Morgan fingerprint density at radius 2 is 1.56 bits per heavy atom. The number of ether oxygens (including phenoxy) is 1. The van der Waals surface area contributed by atoms with Gasteiger partial charge in [0.1, 0.15) is 11.5 Å². The van der Waals surface area contributed by atoms with Crippen molar-refractivity contribution in [2.24, 2.45) is 5.10 Å². The fourth-order valence-corrected chi connectivity index (χ4v) is 2.37. The van der Waals surface area contributed by atoms with E-state index in [0.29, 0.717) is 5.75 Å². The average molecular weight is 391 g/mol. The molecule has 0 radical (unpaired) electrons. The van der Waals surface area contributed by atoms with Crippen LogP contribution in [-0.2, 0) is 6.18 Å². The van der Waals surface area contributed by atoms with Crippen LogP contribution in [0.2, 0.25) is 5.02 Å². The SMILES string of the molecule is FC(F)(F)c1ccc(Cl)c(NN=Cc2ccc(Oc3ccccc3)cc2)c1. The molecule has 3 nitrogen and oxygen atoms in total. The van der Waals surface area contributed by atoms with Gasteiger partial charge in [-0.3, -0.25) is 5.43 Å². The molecule has 0 unspecified atom stereocenters. The molecule has 1 N–H and O–H groups in total. The number of hydrazone groups is 1. The van der Waals surface area contributed by atoms with Crippen molar-refractivity contribution >= 4 is 23.5 Å². The summed E-state index contributed by atoms with van der Waals surface area (Å²) < 4.78 is 44.0. The van der Waals surface area contributed by atoms with Crippen molar-refractivity contribution in [3.05, 3.63) is 88.9 Å². The summed E-state index contributed by atoms with van der Waals surface area (Å²) in [5.74, 6) is 1.38. The Hall–Kier alpha value is -2.99. The molecule has 0 atom stereocenters. The second-order valence-electron chi connectivity index (χ2n) is 5.55. The normalized spacial score (nSPS) is 11.6. The van der Waals surface area contributed by atoms with Gasteiger partial charge in [-0.15, -0.1) is 0 Å². The highest BCUT2D eigenvalue weighted by molar-refractivity contribution is 6.33. The molecule has 0 heterocycles. The first-order chi connectivity index (χ1) is 12.9. The summed E-state index contributed by atoms with van der Waals surface area (Å²) in [5, 5.41) is 4.09. The first-order valence-electron chi connectivity index (χ1n) is 7.90. The fourth-order valence-electron chi connectivity index (χ4n) is 2.21. The van der Waals surface area contributed by atoms with Crippen LogP contribution in [0.15, 0.2) is 77.9 Å². The summed E-state index contributed by atoms with van der Waals surface area (Å²) in [4.78, 5) is 0. The number of nitrogens with one attached hydrogen (secondary N) is 1. The van der Waals surface area contributed by atoms with Crippen LogP contribution in [0.4, 0.5) is 18.9 Å². The van der Waals surface area contributed by atoms with Crippen molar-refractivity contribution in [1.82, 2.24) is 0 Å². The Bertz CT molecular complexity index is 926. The van der Waals surface area contributed by atoms with E-state index in [2.05, 4.69) is 10.5 Å². The predicted molar refractivity (Wildman–Crippen MR) is 101 cm³/mol. The van der Waals surface area contributed by atoms with Gasteiger partial charge in [-0.05, 0) is 60.2 Å². The van der Waals surface area contributed by atoms with Crippen molar-refractivity contribution in [2.45, 2.75) is 6.18 Å². The number of anilines is 1. The molecule has 0 saturated heterocycles. The van der Waals surface area contributed by atoms with Crippen molar-refractivity contribution in [2.75, 3.05) is 5.43 Å². The standard InChI is InChI=1S/C20H14ClF3N2O/c21-18-11-8-15(20(22,23)24)12-19(18)26-25-13-14-6-9-17(10-7-14)27-16-4-2-1-3-5-16/h1-13,26H. The van der Waals surface area contributed by atoms with Gasteiger partial charge in [-0.25, -0.2) is 0 Å². The molecule has 3 rings (SSSR count). The predicted octanol–water partition coefficient (Wildman–Crippen LogP) is 6.60. The zero-order chi connectivity index (χ0) is 19.3. The molecule has 27 heavy (non-hydrogen) atoms. The van der Waals surface area contributed by atoms with Crippen molar-refractivity contribution < 1.29 is 17.9 Å². The summed E-state index contributed by atoms with van der Waals surface area (Å²) in [7, 11) is 0. The van der Waals surface area contributed by atoms with Gasteiger partial charge in [-0.2, -0.15) is 18.3 Å². The number of hydrogen-bond acceptors (Lipinski definition) is 3. The molecule has 0 spiro atoms. The molecule has 138 valence electrons. The Balaban J connectivity index is 1.65. The number of benzene rings is 3. The third kappa shape index (κ3) is 5.24. The number of nitrogens with zero attached hydrogens (tertiary/aromatic N) is 1. The lowest BCUT2D eigenvalue weighted by Gasteiger charge is -2.09. The molecule has 7 heteroatoms. The summed E-state index contributed by atoms with van der Waals surface area (Å²) in [6, 6.07) is 19.4. The maximum absolute atomic E-state index is 12.8. The van der Waals surface area contributed by atoms with Crippen LogP contribution in [0.25, 0.3) is 0 Å². The van der Waals surface area contributed by atoms with Crippen LogP contribution < -0.4 is 10.2 Å². The van der Waals surface area contributed by atoms with Gasteiger partial charge in [0, 0.05) is 0 Å². The summed E-state index contributed by atoms with van der Waals surface area (Å²) >= 11 is 5.91. The number of alkyl halides is 3. The van der Waals surface area contributed by atoms with Gasteiger partial charge in [0.2, 0.25) is 0 Å². The number of hydrogen-bond donors (Lipinski definition) is 1. The largest absolute Gasteiger partial charge is 0.457 e. The van der Waals surface area contributed by atoms with Gasteiger partial charge >= 0.3 is 6.18 Å². The Morgan fingerprint density at radius 3 is 2.22 bits per heavy atom. The van der Waals surface area contributed by atoms with Gasteiger partial charge in [0.15, 0.2) is 0 Å². The van der Waals surface area contributed by atoms with Crippen molar-refractivity contribution in [3.63, 3.8) is 0 Å². The quantitative estimate of drug-likeness (QED) is 0.393. The maximum Gasteiger partial charge on any atom is 0.416 e. The van der Waals surface area contributed by atoms with Crippen LogP contribution in [0.3, 0.4) is 0 Å². The highest BCUT2D eigenvalue weighted by Gasteiger charge is 2.30. The van der Waals surface area contributed by atoms with E-state index in [1.54, 1.807) is 24.3 Å². The van der Waals surface area contributed by atoms with Gasteiger partial charge in [0.25, 0.3) is 0 Å². The minimum Gasteiger partial charge on any atom is -0.457 e. The monoisotopic (exact) mass is 390 g/mol. The molecule has 0 aliphatic carbocycles. The van der Waals surface area contributed by atoms with Gasteiger partial charge < -0.3 is 4.74 Å². The summed E-state index contributed by atoms with van der Waals surface area (Å²) in [6.07, 6.45) is -2.97. The van der Waals surface area contributed by atoms with E-state index in [-0.39, 0.29) is 10.7 Å². The number of para-hydroxylation sites is 1. The Morgan fingerprint density at radius 1 is 0.889 bits per heavy atom.